The van der Waals surface area contributed by atoms with E-state index in [2.05, 4.69) is 9.26 Å². The minimum Gasteiger partial charge on any atom is -0.545 e. The van der Waals surface area contributed by atoms with Gasteiger partial charge in [0.25, 0.3) is 5.85 Å². The van der Waals surface area contributed by atoms with Crippen LogP contribution in [0, 0.1) is 0 Å². The molecule has 0 saturated carbocycles. The first-order chi connectivity index (χ1) is 10.3. The molecule has 0 heterocycles. The van der Waals surface area contributed by atoms with Crippen LogP contribution in [0.3, 0.4) is 0 Å². The molecule has 0 saturated heterocycles. The topological polar surface area (TPSA) is 211 Å². The third-order valence-corrected chi connectivity index (χ3v) is 3.49. The molecule has 0 aromatic heterocycles. The summed E-state index contributed by atoms with van der Waals surface area (Å²) in [7, 11) is -10.4. The quantitative estimate of drug-likeness (QED) is 0.346. The van der Waals surface area contributed by atoms with E-state index in [1.807, 2.05) is 0 Å². The highest BCUT2D eigenvalue weighted by atomic mass is 31.2. The number of carbonyl (C=O) groups is 2. The second-order valence-corrected chi connectivity index (χ2v) is 6.77. The second kappa shape index (κ2) is 6.67. The van der Waals surface area contributed by atoms with Gasteiger partial charge in [-0.3, -0.25) is 14.4 Å². The molecule has 128 valence electrons. The third kappa shape index (κ3) is 5.99. The van der Waals surface area contributed by atoms with E-state index < -0.39 is 50.3 Å². The van der Waals surface area contributed by atoms with Gasteiger partial charge in [0, 0.05) is 11.6 Å². The predicted molar refractivity (Wildman–Crippen MR) is 67.5 cm³/mol. The molecule has 12 nitrogen and oxygen atoms in total. The number of aromatic carboxylic acids is 1. The van der Waals surface area contributed by atoms with Crippen LogP contribution in [0.15, 0.2) is 18.2 Å². The lowest BCUT2D eigenvalue weighted by Gasteiger charge is -2.18. The molecular weight excluding hydrogens is 362 g/mol. The van der Waals surface area contributed by atoms with Gasteiger partial charge in [0.15, 0.2) is 0 Å². The number of carboxylic acids is 2. The zero-order valence-corrected chi connectivity index (χ0v) is 12.6. The van der Waals surface area contributed by atoms with Crippen molar-refractivity contribution >= 4 is 27.4 Å². The molecule has 0 fully saturated rings. The van der Waals surface area contributed by atoms with E-state index >= 15 is 0 Å². The van der Waals surface area contributed by atoms with E-state index in [-0.39, 0.29) is 0 Å². The Bertz CT molecular complexity index is 715. The Morgan fingerprint density at radius 1 is 1.04 bits per heavy atom. The van der Waals surface area contributed by atoms with Gasteiger partial charge in [0.2, 0.25) is 0 Å². The van der Waals surface area contributed by atoms with E-state index in [1.54, 1.807) is 0 Å². The van der Waals surface area contributed by atoms with Gasteiger partial charge in [-0.25, -0.2) is 9.36 Å². The van der Waals surface area contributed by atoms with Crippen molar-refractivity contribution in [1.29, 1.82) is 0 Å². The highest BCUT2D eigenvalue weighted by molar-refractivity contribution is 7.53. The van der Waals surface area contributed by atoms with Crippen molar-refractivity contribution in [3.63, 3.8) is 0 Å². The van der Waals surface area contributed by atoms with Crippen molar-refractivity contribution in [2.24, 2.45) is 0 Å². The molecule has 1 rings (SSSR count). The number of carboxylic acid groups (broad SMARTS) is 2. The largest absolute Gasteiger partial charge is 0.545 e. The van der Waals surface area contributed by atoms with E-state index in [4.69, 9.17) is 24.7 Å². The predicted octanol–water partition coefficient (Wildman–Crippen LogP) is -1.51. The van der Waals surface area contributed by atoms with Crippen LogP contribution < -0.4 is 14.4 Å². The SMILES string of the molecule is O=C([O-])c1cc(OC(C(=O)O)P(=O)(O)O)cc(OP(=O)(O)O)c1. The average molecular weight is 371 g/mol. The maximum atomic E-state index is 11.0. The van der Waals surface area contributed by atoms with Crippen LogP contribution in [0.25, 0.3) is 0 Å². The number of aliphatic carboxylic acids is 1. The summed E-state index contributed by atoms with van der Waals surface area (Å²) in [6.45, 7) is 0. The Labute approximate surface area is 127 Å². The van der Waals surface area contributed by atoms with Crippen LogP contribution >= 0.6 is 15.4 Å². The molecule has 1 unspecified atom stereocenters. The van der Waals surface area contributed by atoms with E-state index in [1.165, 1.54) is 0 Å². The molecule has 0 aliphatic heterocycles. The molecule has 14 heteroatoms. The molecule has 1 aromatic carbocycles. The highest BCUT2D eigenvalue weighted by Gasteiger charge is 2.38. The zero-order chi connectivity index (χ0) is 18.0. The lowest BCUT2D eigenvalue weighted by atomic mass is 10.2. The maximum absolute atomic E-state index is 11.0. The second-order valence-electron chi connectivity index (χ2n) is 3.96. The Kier molecular flexibility index (Phi) is 5.54. The molecule has 5 N–H and O–H groups in total. The van der Waals surface area contributed by atoms with Crippen LogP contribution in [0.1, 0.15) is 10.4 Å². The van der Waals surface area contributed by atoms with E-state index in [0.29, 0.717) is 18.2 Å². The fourth-order valence-electron chi connectivity index (χ4n) is 1.34. The van der Waals surface area contributed by atoms with Crippen LogP contribution in [-0.2, 0) is 13.9 Å². The molecule has 1 atom stereocenters. The zero-order valence-electron chi connectivity index (χ0n) is 10.8. The van der Waals surface area contributed by atoms with Crippen LogP contribution in [0.4, 0.5) is 0 Å². The Balaban J connectivity index is 3.29. The van der Waals surface area contributed by atoms with Crippen LogP contribution in [0.2, 0.25) is 0 Å². The van der Waals surface area contributed by atoms with E-state index in [9.17, 15) is 23.8 Å². The molecule has 23 heavy (non-hydrogen) atoms. The molecule has 0 bridgehead atoms. The highest BCUT2D eigenvalue weighted by Crippen LogP contribution is 2.44. The first-order valence-corrected chi connectivity index (χ1v) is 8.57. The summed E-state index contributed by atoms with van der Waals surface area (Å²) in [4.78, 5) is 56.6. The van der Waals surface area contributed by atoms with Crippen molar-refractivity contribution in [3.8, 4) is 11.5 Å². The Morgan fingerprint density at radius 3 is 1.96 bits per heavy atom. The minimum absolute atomic E-state index is 0.632. The maximum Gasteiger partial charge on any atom is 0.524 e. The minimum atomic E-state index is -5.27. The molecule has 0 radical (unpaired) electrons. The molecule has 0 aliphatic carbocycles. The smallest absolute Gasteiger partial charge is 0.524 e. The first-order valence-electron chi connectivity index (χ1n) is 5.36. The molecule has 0 spiro atoms. The van der Waals surface area contributed by atoms with Gasteiger partial charge in [-0.1, -0.05) is 0 Å². The van der Waals surface area contributed by atoms with Gasteiger partial charge in [-0.2, -0.15) is 0 Å². The third-order valence-electron chi connectivity index (χ3n) is 2.10. The molecule has 0 aliphatic rings. The van der Waals surface area contributed by atoms with Gasteiger partial charge in [0.1, 0.15) is 11.5 Å². The summed E-state index contributed by atoms with van der Waals surface area (Å²) < 4.78 is 30.4. The Morgan fingerprint density at radius 2 is 1.57 bits per heavy atom. The van der Waals surface area contributed by atoms with E-state index in [0.717, 1.165) is 0 Å². The van der Waals surface area contributed by atoms with Crippen molar-refractivity contribution in [2.45, 2.75) is 5.85 Å². The summed E-state index contributed by atoms with van der Waals surface area (Å²) in [6, 6.07) is 1.90. The number of hydrogen-bond donors (Lipinski definition) is 5. The van der Waals surface area contributed by atoms with Gasteiger partial charge >= 0.3 is 21.4 Å². The monoisotopic (exact) mass is 371 g/mol. The van der Waals surface area contributed by atoms with Crippen molar-refractivity contribution in [1.82, 2.24) is 0 Å². The average Bonchev–Trinajstić information content (AvgIpc) is 2.31. The number of hydrogen-bond acceptors (Lipinski definition) is 7. The van der Waals surface area contributed by atoms with Crippen LogP contribution in [0.5, 0.6) is 11.5 Å². The lowest BCUT2D eigenvalue weighted by Crippen LogP contribution is -2.27. The first kappa shape index (κ1) is 19.1. The van der Waals surface area contributed by atoms with Crippen molar-refractivity contribution in [3.05, 3.63) is 23.8 Å². The van der Waals surface area contributed by atoms with Gasteiger partial charge in [0.05, 0.1) is 5.97 Å². The summed E-state index contributed by atoms with van der Waals surface area (Å²) in [5.41, 5.74) is -0.735. The molecule has 0 amide bonds. The molecular formula is C9H9O12P2-. The number of benzene rings is 1. The number of ether oxygens (including phenoxy) is 1. The summed E-state index contributed by atoms with van der Waals surface area (Å²) in [5, 5.41) is 19.5. The van der Waals surface area contributed by atoms with Gasteiger partial charge in [-0.05, 0) is 12.1 Å². The number of phosphoric acid groups is 1. The van der Waals surface area contributed by atoms with Crippen molar-refractivity contribution in [2.75, 3.05) is 0 Å². The fourth-order valence-corrected chi connectivity index (χ4v) is 2.27. The number of phosphoric ester groups is 1. The van der Waals surface area contributed by atoms with Gasteiger partial charge < -0.3 is 34.1 Å². The van der Waals surface area contributed by atoms with Crippen LogP contribution in [-0.4, -0.2) is 42.5 Å². The Hall–Kier alpha value is -1.94. The summed E-state index contributed by atoms with van der Waals surface area (Å²) in [5.74, 6) is -8.03. The fraction of sp³-hybridized carbons (Fsp3) is 0.111. The molecule has 1 aromatic rings. The summed E-state index contributed by atoms with van der Waals surface area (Å²) >= 11 is 0. The normalized spacial score (nSPS) is 13.2. The van der Waals surface area contributed by atoms with Gasteiger partial charge in [-0.15, -0.1) is 0 Å². The van der Waals surface area contributed by atoms with Crippen molar-refractivity contribution < 1.29 is 57.8 Å². The number of carbonyl (C=O) groups excluding carboxylic acids is 1. The number of rotatable bonds is 7. The standard InChI is InChI=1S/C9H10O12P2/c10-7(11)4-1-5(3-6(2-4)21-23(17,18)19)20-9(8(12)13)22(14,15)16/h1-3,9H,(H,10,11)(H,12,13)(H2,14,15,16)(H2,17,18,19)/p-1. The lowest BCUT2D eigenvalue weighted by molar-refractivity contribution is -0.255. The summed E-state index contributed by atoms with van der Waals surface area (Å²) in [6.07, 6.45) is 0.